The second kappa shape index (κ2) is 2.27. The zero-order chi connectivity index (χ0) is 7.78. The number of hydrogen-bond donors (Lipinski definition) is 1. The van der Waals surface area contributed by atoms with Gasteiger partial charge in [-0.25, -0.2) is 0 Å². The molecule has 1 unspecified atom stereocenters. The molecule has 0 aromatic carbocycles. The highest BCUT2D eigenvalue weighted by Gasteiger charge is 2.34. The van der Waals surface area contributed by atoms with Gasteiger partial charge in [-0.1, -0.05) is 0 Å². The molecule has 1 aliphatic rings. The van der Waals surface area contributed by atoms with Crippen LogP contribution in [0.2, 0.25) is 0 Å². The lowest BCUT2D eigenvalue weighted by atomic mass is 10.1. The van der Waals surface area contributed by atoms with E-state index in [1.54, 1.807) is 18.7 Å². The van der Waals surface area contributed by atoms with Crippen molar-refractivity contribution < 1.29 is 4.79 Å². The Kier molecular flexibility index (Phi) is 1.72. The number of primary amides is 1. The first-order valence-electron chi connectivity index (χ1n) is 3.04. The van der Waals surface area contributed by atoms with Gasteiger partial charge in [0.25, 0.3) is 0 Å². The zero-order valence-electron chi connectivity index (χ0n) is 6.05. The Labute approximate surface area is 64.1 Å². The molecule has 0 saturated heterocycles. The van der Waals surface area contributed by atoms with Crippen LogP contribution in [0.15, 0.2) is 4.99 Å². The molecule has 0 aromatic rings. The van der Waals surface area contributed by atoms with E-state index in [0.29, 0.717) is 5.75 Å². The molecule has 0 fully saturated rings. The Morgan fingerprint density at radius 3 is 2.70 bits per heavy atom. The quantitative estimate of drug-likeness (QED) is 0.600. The minimum Gasteiger partial charge on any atom is -0.368 e. The van der Waals surface area contributed by atoms with Crippen molar-refractivity contribution in [2.24, 2.45) is 10.7 Å². The number of rotatable bonds is 1. The van der Waals surface area contributed by atoms with Gasteiger partial charge in [0.05, 0.1) is 5.04 Å². The van der Waals surface area contributed by atoms with Crippen LogP contribution in [0, 0.1) is 0 Å². The molecule has 2 N–H and O–H groups in total. The Bertz CT molecular complexity index is 202. The summed E-state index contributed by atoms with van der Waals surface area (Å²) in [5, 5.41) is 0.946. The van der Waals surface area contributed by atoms with Crippen molar-refractivity contribution in [3.05, 3.63) is 0 Å². The van der Waals surface area contributed by atoms with Crippen molar-refractivity contribution in [1.82, 2.24) is 0 Å². The molecule has 56 valence electrons. The van der Waals surface area contributed by atoms with Crippen LogP contribution in [0.3, 0.4) is 0 Å². The highest BCUT2D eigenvalue weighted by molar-refractivity contribution is 8.14. The van der Waals surface area contributed by atoms with Gasteiger partial charge in [-0.15, -0.1) is 11.8 Å². The third kappa shape index (κ3) is 1.16. The summed E-state index contributed by atoms with van der Waals surface area (Å²) in [5.41, 5.74) is 4.49. The van der Waals surface area contributed by atoms with Gasteiger partial charge in [-0.05, 0) is 13.8 Å². The number of nitrogens with two attached hydrogens (primary N) is 1. The number of amides is 1. The molecule has 0 saturated carbocycles. The molecule has 1 rings (SSSR count). The minimum absolute atomic E-state index is 0.336. The SMILES string of the molecule is CC1=NC(C)(C(N)=O)CS1. The molecule has 0 aromatic heterocycles. The van der Waals surface area contributed by atoms with Crippen molar-refractivity contribution in [3.63, 3.8) is 0 Å². The van der Waals surface area contributed by atoms with E-state index in [2.05, 4.69) is 4.99 Å². The average molecular weight is 158 g/mol. The molecule has 4 heteroatoms. The van der Waals surface area contributed by atoms with Crippen LogP contribution in [0.25, 0.3) is 0 Å². The fourth-order valence-corrected chi connectivity index (χ4v) is 1.75. The Balaban J connectivity index is 2.82. The third-order valence-corrected chi connectivity index (χ3v) is 2.71. The molecule has 0 bridgehead atoms. The van der Waals surface area contributed by atoms with Gasteiger partial charge < -0.3 is 5.73 Å². The lowest BCUT2D eigenvalue weighted by molar-refractivity contribution is -0.121. The third-order valence-electron chi connectivity index (χ3n) is 1.50. The molecule has 0 aliphatic carbocycles. The number of aliphatic imine (C=N–C) groups is 1. The molecule has 0 spiro atoms. The maximum Gasteiger partial charge on any atom is 0.245 e. The molecular formula is C6H10N2OS. The van der Waals surface area contributed by atoms with Crippen LogP contribution < -0.4 is 5.73 Å². The summed E-state index contributed by atoms with van der Waals surface area (Å²) in [5.74, 6) is 0.352. The minimum atomic E-state index is -0.644. The largest absolute Gasteiger partial charge is 0.368 e. The van der Waals surface area contributed by atoms with Crippen LogP contribution in [-0.4, -0.2) is 22.2 Å². The topological polar surface area (TPSA) is 55.4 Å². The zero-order valence-corrected chi connectivity index (χ0v) is 6.86. The van der Waals surface area contributed by atoms with E-state index in [0.717, 1.165) is 5.04 Å². The average Bonchev–Trinajstić information content (AvgIpc) is 2.13. The Hall–Kier alpha value is -0.510. The normalized spacial score (nSPS) is 32.0. The predicted octanol–water partition coefficient (Wildman–Crippen LogP) is 0.396. The van der Waals surface area contributed by atoms with Gasteiger partial charge in [0.1, 0.15) is 5.54 Å². The van der Waals surface area contributed by atoms with Crippen LogP contribution in [0.1, 0.15) is 13.8 Å². The molecule has 10 heavy (non-hydrogen) atoms. The monoisotopic (exact) mass is 158 g/mol. The van der Waals surface area contributed by atoms with Gasteiger partial charge >= 0.3 is 0 Å². The summed E-state index contributed by atoms with van der Waals surface area (Å²) in [6.45, 7) is 3.65. The standard InChI is InChI=1S/C6H10N2OS/c1-4-8-6(2,3-10-4)5(7)9/h3H2,1-2H3,(H2,7,9). The molecular weight excluding hydrogens is 148 g/mol. The van der Waals surface area contributed by atoms with Gasteiger partial charge in [-0.2, -0.15) is 0 Å². The Morgan fingerprint density at radius 2 is 2.50 bits per heavy atom. The van der Waals surface area contributed by atoms with E-state index in [9.17, 15) is 4.79 Å². The van der Waals surface area contributed by atoms with Crippen molar-refractivity contribution in [2.75, 3.05) is 5.75 Å². The van der Waals surface area contributed by atoms with Gasteiger partial charge in [0.2, 0.25) is 5.91 Å². The molecule has 1 heterocycles. The van der Waals surface area contributed by atoms with E-state index in [-0.39, 0.29) is 5.91 Å². The lowest BCUT2D eigenvalue weighted by Crippen LogP contribution is -2.39. The van der Waals surface area contributed by atoms with Crippen LogP contribution >= 0.6 is 11.8 Å². The lowest BCUT2D eigenvalue weighted by Gasteiger charge is -2.13. The highest BCUT2D eigenvalue weighted by Crippen LogP contribution is 2.26. The van der Waals surface area contributed by atoms with Crippen molar-refractivity contribution >= 4 is 22.7 Å². The predicted molar refractivity (Wildman–Crippen MR) is 43.2 cm³/mol. The van der Waals surface area contributed by atoms with Gasteiger partial charge in [0.15, 0.2) is 0 Å². The first kappa shape index (κ1) is 7.60. The summed E-state index contributed by atoms with van der Waals surface area (Å²) < 4.78 is 0. The van der Waals surface area contributed by atoms with E-state index < -0.39 is 5.54 Å². The number of carbonyl (C=O) groups is 1. The first-order valence-corrected chi connectivity index (χ1v) is 4.02. The number of thioether (sulfide) groups is 1. The van der Waals surface area contributed by atoms with Crippen molar-refractivity contribution in [2.45, 2.75) is 19.4 Å². The molecule has 3 nitrogen and oxygen atoms in total. The fraction of sp³-hybridized carbons (Fsp3) is 0.667. The van der Waals surface area contributed by atoms with Gasteiger partial charge in [0, 0.05) is 5.75 Å². The van der Waals surface area contributed by atoms with E-state index in [1.807, 2.05) is 6.92 Å². The summed E-state index contributed by atoms with van der Waals surface area (Å²) in [7, 11) is 0. The van der Waals surface area contributed by atoms with E-state index in [1.165, 1.54) is 0 Å². The molecule has 1 amide bonds. The first-order chi connectivity index (χ1) is 4.54. The van der Waals surface area contributed by atoms with E-state index in [4.69, 9.17) is 5.73 Å². The highest BCUT2D eigenvalue weighted by atomic mass is 32.2. The Morgan fingerprint density at radius 1 is 1.90 bits per heavy atom. The van der Waals surface area contributed by atoms with Gasteiger partial charge in [-0.3, -0.25) is 9.79 Å². The van der Waals surface area contributed by atoms with Crippen molar-refractivity contribution in [3.8, 4) is 0 Å². The summed E-state index contributed by atoms with van der Waals surface area (Å²) in [6, 6.07) is 0. The number of nitrogens with zero attached hydrogens (tertiary/aromatic N) is 1. The summed E-state index contributed by atoms with van der Waals surface area (Å²) in [4.78, 5) is 14.9. The summed E-state index contributed by atoms with van der Waals surface area (Å²) in [6.07, 6.45) is 0. The maximum atomic E-state index is 10.8. The molecule has 1 atom stereocenters. The maximum absolute atomic E-state index is 10.8. The van der Waals surface area contributed by atoms with Crippen LogP contribution in [-0.2, 0) is 4.79 Å². The summed E-state index contributed by atoms with van der Waals surface area (Å²) >= 11 is 1.58. The number of hydrogen-bond acceptors (Lipinski definition) is 3. The smallest absolute Gasteiger partial charge is 0.245 e. The molecule has 0 radical (unpaired) electrons. The number of carbonyl (C=O) groups excluding carboxylic acids is 1. The van der Waals surface area contributed by atoms with Crippen molar-refractivity contribution in [1.29, 1.82) is 0 Å². The van der Waals surface area contributed by atoms with Crippen LogP contribution in [0.5, 0.6) is 0 Å². The van der Waals surface area contributed by atoms with E-state index >= 15 is 0 Å². The fourth-order valence-electron chi connectivity index (χ4n) is 0.783. The molecule has 1 aliphatic heterocycles. The second-order valence-electron chi connectivity index (χ2n) is 2.56. The van der Waals surface area contributed by atoms with Crippen LogP contribution in [0.4, 0.5) is 0 Å². The second-order valence-corrected chi connectivity index (χ2v) is 3.73.